The Morgan fingerprint density at radius 1 is 0.882 bits per heavy atom. The van der Waals surface area contributed by atoms with E-state index in [1.54, 1.807) is 61.7 Å². The highest BCUT2D eigenvalue weighted by Crippen LogP contribution is 2.18. The van der Waals surface area contributed by atoms with Gasteiger partial charge in [-0.2, -0.15) is 5.26 Å². The van der Waals surface area contributed by atoms with Crippen LogP contribution in [0, 0.1) is 25.2 Å². The number of nitrogens with one attached hydrogen (secondary N) is 2. The zero-order valence-electron chi connectivity index (χ0n) is 19.2. The summed E-state index contributed by atoms with van der Waals surface area (Å²) in [5.41, 5.74) is 4.07. The van der Waals surface area contributed by atoms with Gasteiger partial charge in [0.1, 0.15) is 23.1 Å². The minimum Gasteiger partial charge on any atom is -0.497 e. The van der Waals surface area contributed by atoms with Gasteiger partial charge in [-0.3, -0.25) is 9.59 Å². The first-order valence-electron chi connectivity index (χ1n) is 10.5. The van der Waals surface area contributed by atoms with Crippen LogP contribution in [0.2, 0.25) is 0 Å². The fourth-order valence-corrected chi connectivity index (χ4v) is 3.01. The average Bonchev–Trinajstić information content (AvgIpc) is 2.84. The van der Waals surface area contributed by atoms with Crippen molar-refractivity contribution < 1.29 is 19.1 Å². The molecule has 3 rings (SSSR count). The second-order valence-corrected chi connectivity index (χ2v) is 7.56. The summed E-state index contributed by atoms with van der Waals surface area (Å²) in [4.78, 5) is 24.6. The second-order valence-electron chi connectivity index (χ2n) is 7.56. The molecule has 0 unspecified atom stereocenters. The number of nitrogens with zero attached hydrogens (tertiary/aromatic N) is 1. The van der Waals surface area contributed by atoms with Crippen molar-refractivity contribution in [3.8, 4) is 17.6 Å². The van der Waals surface area contributed by atoms with Crippen LogP contribution in [0.5, 0.6) is 11.5 Å². The van der Waals surface area contributed by atoms with Crippen molar-refractivity contribution in [2.75, 3.05) is 24.4 Å². The topological polar surface area (TPSA) is 100 Å². The highest BCUT2D eigenvalue weighted by atomic mass is 16.5. The third-order valence-electron chi connectivity index (χ3n) is 5.06. The van der Waals surface area contributed by atoms with Crippen molar-refractivity contribution in [3.05, 3.63) is 89.0 Å². The number of methoxy groups -OCH3 is 1. The van der Waals surface area contributed by atoms with Gasteiger partial charge in [0.2, 0.25) is 0 Å². The summed E-state index contributed by atoms with van der Waals surface area (Å²) in [5, 5.41) is 14.9. The van der Waals surface area contributed by atoms with Gasteiger partial charge in [0.15, 0.2) is 6.61 Å². The summed E-state index contributed by atoms with van der Waals surface area (Å²) < 4.78 is 10.6. The van der Waals surface area contributed by atoms with E-state index in [-0.39, 0.29) is 18.1 Å². The van der Waals surface area contributed by atoms with E-state index >= 15 is 0 Å². The van der Waals surface area contributed by atoms with Crippen LogP contribution in [0.4, 0.5) is 11.4 Å². The number of carbonyl (C=O) groups excluding carboxylic acids is 2. The van der Waals surface area contributed by atoms with E-state index in [0.29, 0.717) is 28.4 Å². The van der Waals surface area contributed by atoms with Gasteiger partial charge in [0, 0.05) is 11.4 Å². The molecule has 0 saturated carbocycles. The maximum Gasteiger partial charge on any atom is 0.266 e. The standard InChI is InChI=1S/C27H25N3O4/c1-18-4-7-23(14-19(18)2)30-27(32)21(16-28)15-20-5-10-25(11-6-20)34-17-26(31)29-22-8-12-24(33-3)13-9-22/h4-15H,17H2,1-3H3,(H,29,31)(H,30,32)/b21-15+. The van der Waals surface area contributed by atoms with Crippen molar-refractivity contribution >= 4 is 29.3 Å². The van der Waals surface area contributed by atoms with Crippen LogP contribution < -0.4 is 20.1 Å². The number of hydrogen-bond acceptors (Lipinski definition) is 5. The highest BCUT2D eigenvalue weighted by molar-refractivity contribution is 6.09. The molecule has 0 fully saturated rings. The maximum atomic E-state index is 12.5. The molecule has 2 amide bonds. The fraction of sp³-hybridized carbons (Fsp3) is 0.148. The van der Waals surface area contributed by atoms with Crippen LogP contribution in [-0.2, 0) is 9.59 Å². The molecule has 3 aromatic rings. The van der Waals surface area contributed by atoms with E-state index in [4.69, 9.17) is 9.47 Å². The molecular weight excluding hydrogens is 430 g/mol. The van der Waals surface area contributed by atoms with Gasteiger partial charge in [-0.05, 0) is 85.1 Å². The Bertz CT molecular complexity index is 1240. The number of amides is 2. The minimum atomic E-state index is -0.485. The van der Waals surface area contributed by atoms with E-state index in [1.807, 2.05) is 32.0 Å². The van der Waals surface area contributed by atoms with Crippen molar-refractivity contribution in [1.82, 2.24) is 0 Å². The zero-order chi connectivity index (χ0) is 24.5. The Balaban J connectivity index is 1.56. The largest absolute Gasteiger partial charge is 0.497 e. The Morgan fingerprint density at radius 2 is 1.53 bits per heavy atom. The van der Waals surface area contributed by atoms with E-state index in [0.717, 1.165) is 11.1 Å². The van der Waals surface area contributed by atoms with Crippen LogP contribution in [-0.4, -0.2) is 25.5 Å². The molecule has 0 saturated heterocycles. The molecule has 7 nitrogen and oxygen atoms in total. The van der Waals surface area contributed by atoms with Crippen LogP contribution in [0.3, 0.4) is 0 Å². The van der Waals surface area contributed by atoms with Gasteiger partial charge in [-0.1, -0.05) is 18.2 Å². The molecule has 0 radical (unpaired) electrons. The number of ether oxygens (including phenoxy) is 2. The van der Waals surface area contributed by atoms with Crippen molar-refractivity contribution in [2.24, 2.45) is 0 Å². The maximum absolute atomic E-state index is 12.5. The molecule has 3 aromatic carbocycles. The number of nitriles is 1. The lowest BCUT2D eigenvalue weighted by Crippen LogP contribution is -2.20. The van der Waals surface area contributed by atoms with E-state index in [1.165, 1.54) is 6.08 Å². The number of hydrogen-bond donors (Lipinski definition) is 2. The van der Waals surface area contributed by atoms with Crippen molar-refractivity contribution in [1.29, 1.82) is 5.26 Å². The van der Waals surface area contributed by atoms with Crippen LogP contribution >= 0.6 is 0 Å². The third-order valence-corrected chi connectivity index (χ3v) is 5.06. The predicted molar refractivity (Wildman–Crippen MR) is 132 cm³/mol. The van der Waals surface area contributed by atoms with Crippen molar-refractivity contribution in [3.63, 3.8) is 0 Å². The first-order valence-corrected chi connectivity index (χ1v) is 10.5. The number of anilines is 2. The van der Waals surface area contributed by atoms with E-state index in [9.17, 15) is 14.9 Å². The fourth-order valence-electron chi connectivity index (χ4n) is 3.01. The van der Waals surface area contributed by atoms with E-state index < -0.39 is 5.91 Å². The van der Waals surface area contributed by atoms with Crippen molar-refractivity contribution in [2.45, 2.75) is 13.8 Å². The number of rotatable bonds is 8. The summed E-state index contributed by atoms with van der Waals surface area (Å²) in [6.07, 6.45) is 1.50. The molecule has 0 bridgehead atoms. The van der Waals surface area contributed by atoms with Crippen LogP contribution in [0.15, 0.2) is 72.3 Å². The molecule has 2 N–H and O–H groups in total. The molecule has 0 atom stereocenters. The summed E-state index contributed by atoms with van der Waals surface area (Å²) in [6, 6.07) is 21.2. The summed E-state index contributed by atoms with van der Waals surface area (Å²) >= 11 is 0. The lowest BCUT2D eigenvalue weighted by atomic mass is 10.1. The second kappa shape index (κ2) is 11.3. The van der Waals surface area contributed by atoms with Crippen LogP contribution in [0.1, 0.15) is 16.7 Å². The first-order chi connectivity index (χ1) is 16.4. The molecule has 0 spiro atoms. The minimum absolute atomic E-state index is 0.0224. The molecule has 0 aliphatic heterocycles. The summed E-state index contributed by atoms with van der Waals surface area (Å²) in [7, 11) is 1.57. The van der Waals surface area contributed by atoms with Crippen LogP contribution in [0.25, 0.3) is 6.08 Å². The molecule has 7 heteroatoms. The number of carbonyl (C=O) groups is 2. The SMILES string of the molecule is COc1ccc(NC(=O)COc2ccc(/C=C(\C#N)C(=O)Nc3ccc(C)c(C)c3)cc2)cc1. The van der Waals surface area contributed by atoms with Gasteiger partial charge >= 0.3 is 0 Å². The normalized spacial score (nSPS) is 10.7. The Hall–Kier alpha value is -4.57. The number of benzene rings is 3. The quantitative estimate of drug-likeness (QED) is 0.373. The molecule has 0 heterocycles. The van der Waals surface area contributed by atoms with Gasteiger partial charge in [0.25, 0.3) is 11.8 Å². The molecule has 0 aliphatic carbocycles. The number of aryl methyl sites for hydroxylation is 2. The lowest BCUT2D eigenvalue weighted by molar-refractivity contribution is -0.118. The highest BCUT2D eigenvalue weighted by Gasteiger charge is 2.10. The Morgan fingerprint density at radius 3 is 2.15 bits per heavy atom. The zero-order valence-corrected chi connectivity index (χ0v) is 19.2. The molecular formula is C27H25N3O4. The monoisotopic (exact) mass is 455 g/mol. The van der Waals surface area contributed by atoms with Gasteiger partial charge < -0.3 is 20.1 Å². The smallest absolute Gasteiger partial charge is 0.266 e. The van der Waals surface area contributed by atoms with Gasteiger partial charge in [-0.15, -0.1) is 0 Å². The summed E-state index contributed by atoms with van der Waals surface area (Å²) in [5.74, 6) is 0.399. The molecule has 0 aromatic heterocycles. The first kappa shape index (κ1) is 24.1. The van der Waals surface area contributed by atoms with Gasteiger partial charge in [-0.25, -0.2) is 0 Å². The Labute approximate surface area is 198 Å². The van der Waals surface area contributed by atoms with Gasteiger partial charge in [0.05, 0.1) is 7.11 Å². The van der Waals surface area contributed by atoms with E-state index in [2.05, 4.69) is 10.6 Å². The predicted octanol–water partition coefficient (Wildman–Crippen LogP) is 4.88. The summed E-state index contributed by atoms with van der Waals surface area (Å²) in [6.45, 7) is 3.78. The lowest BCUT2D eigenvalue weighted by Gasteiger charge is -2.09. The third kappa shape index (κ3) is 6.71. The molecule has 34 heavy (non-hydrogen) atoms. The Kier molecular flexibility index (Phi) is 8.03. The average molecular weight is 456 g/mol. The molecule has 0 aliphatic rings. The molecule has 172 valence electrons.